The summed E-state index contributed by atoms with van der Waals surface area (Å²) in [4.78, 5) is 1.78. The van der Waals surface area contributed by atoms with E-state index >= 15 is 0 Å². The highest BCUT2D eigenvalue weighted by Gasteiger charge is 2.33. The molecule has 1 aromatic rings. The highest BCUT2D eigenvalue weighted by atomic mass is 19.4. The molecule has 1 rings (SSSR count). The molecule has 1 aromatic carbocycles. The van der Waals surface area contributed by atoms with E-state index in [2.05, 4.69) is 0 Å². The van der Waals surface area contributed by atoms with Crippen molar-refractivity contribution in [3.05, 3.63) is 29.3 Å². The van der Waals surface area contributed by atoms with Crippen LogP contribution in [0.5, 0.6) is 5.75 Å². The number of halogens is 3. The number of methoxy groups -OCH3 is 1. The van der Waals surface area contributed by atoms with E-state index in [-0.39, 0.29) is 18.6 Å². The van der Waals surface area contributed by atoms with Crippen molar-refractivity contribution in [2.75, 3.05) is 27.8 Å². The second-order valence-electron chi connectivity index (χ2n) is 5.02. The Morgan fingerprint density at radius 2 is 1.90 bits per heavy atom. The quantitative estimate of drug-likeness (QED) is 0.905. The van der Waals surface area contributed by atoms with Gasteiger partial charge < -0.3 is 14.7 Å². The molecule has 3 nitrogen and oxygen atoms in total. The molecule has 0 aliphatic carbocycles. The van der Waals surface area contributed by atoms with Crippen LogP contribution < -0.4 is 4.74 Å². The average Bonchev–Trinajstić information content (AvgIpc) is 2.37. The molecule has 0 bridgehead atoms. The maximum absolute atomic E-state index is 12.8. The normalized spacial score (nSPS) is 15.2. The summed E-state index contributed by atoms with van der Waals surface area (Å²) in [6.07, 6.45) is -4.40. The van der Waals surface area contributed by atoms with Crippen molar-refractivity contribution >= 4 is 0 Å². The van der Waals surface area contributed by atoms with Gasteiger partial charge in [0.1, 0.15) is 5.75 Å². The summed E-state index contributed by atoms with van der Waals surface area (Å²) in [7, 11) is 4.94. The van der Waals surface area contributed by atoms with Crippen LogP contribution in [0.3, 0.4) is 0 Å². The topological polar surface area (TPSA) is 32.7 Å². The lowest BCUT2D eigenvalue weighted by atomic mass is 9.92. The first-order valence-corrected chi connectivity index (χ1v) is 6.24. The van der Waals surface area contributed by atoms with Gasteiger partial charge in [0, 0.05) is 18.2 Å². The van der Waals surface area contributed by atoms with Crippen molar-refractivity contribution in [2.45, 2.75) is 19.1 Å². The number of alkyl halides is 3. The fraction of sp³-hybridized carbons (Fsp3) is 0.571. The van der Waals surface area contributed by atoms with Crippen LogP contribution in [-0.2, 0) is 6.18 Å². The van der Waals surface area contributed by atoms with Gasteiger partial charge in [-0.15, -0.1) is 0 Å². The molecule has 1 N–H and O–H groups in total. The predicted molar refractivity (Wildman–Crippen MR) is 70.7 cm³/mol. The van der Waals surface area contributed by atoms with Crippen LogP contribution in [0, 0.1) is 5.92 Å². The van der Waals surface area contributed by atoms with Gasteiger partial charge in [0.2, 0.25) is 0 Å². The van der Waals surface area contributed by atoms with E-state index in [0.29, 0.717) is 11.3 Å². The Morgan fingerprint density at radius 1 is 1.30 bits per heavy atom. The molecule has 2 atom stereocenters. The summed E-state index contributed by atoms with van der Waals surface area (Å²) in [5.41, 5.74) is -0.292. The Morgan fingerprint density at radius 3 is 2.30 bits per heavy atom. The smallest absolute Gasteiger partial charge is 0.416 e. The molecule has 0 heterocycles. The van der Waals surface area contributed by atoms with Gasteiger partial charge in [-0.2, -0.15) is 13.2 Å². The van der Waals surface area contributed by atoms with Crippen molar-refractivity contribution in [1.29, 1.82) is 0 Å². The first-order chi connectivity index (χ1) is 9.22. The highest BCUT2D eigenvalue weighted by Crippen LogP contribution is 2.38. The van der Waals surface area contributed by atoms with Crippen LogP contribution in [0.25, 0.3) is 0 Å². The second-order valence-corrected chi connectivity index (χ2v) is 5.02. The number of hydrogen-bond acceptors (Lipinski definition) is 3. The highest BCUT2D eigenvalue weighted by molar-refractivity contribution is 5.40. The average molecular weight is 291 g/mol. The lowest BCUT2D eigenvalue weighted by molar-refractivity contribution is -0.137. The fourth-order valence-corrected chi connectivity index (χ4v) is 2.34. The van der Waals surface area contributed by atoms with E-state index in [4.69, 9.17) is 4.74 Å². The van der Waals surface area contributed by atoms with E-state index < -0.39 is 11.7 Å². The largest absolute Gasteiger partial charge is 0.496 e. The molecule has 0 radical (unpaired) electrons. The Labute approximate surface area is 117 Å². The van der Waals surface area contributed by atoms with Crippen molar-refractivity contribution in [1.82, 2.24) is 4.90 Å². The molecule has 0 aliphatic heterocycles. The Bertz CT molecular complexity index is 447. The van der Waals surface area contributed by atoms with Gasteiger partial charge in [-0.3, -0.25) is 0 Å². The number of rotatable bonds is 5. The van der Waals surface area contributed by atoms with Gasteiger partial charge in [-0.1, -0.05) is 6.92 Å². The van der Waals surface area contributed by atoms with Gasteiger partial charge >= 0.3 is 6.18 Å². The Balaban J connectivity index is 3.37. The zero-order chi connectivity index (χ0) is 15.5. The molecule has 6 heteroatoms. The molecular weight excluding hydrogens is 271 g/mol. The number of nitrogens with zero attached hydrogens (tertiary/aromatic N) is 1. The molecule has 0 saturated carbocycles. The molecular formula is C14H20F3NO2. The van der Waals surface area contributed by atoms with Crippen LogP contribution in [-0.4, -0.2) is 37.8 Å². The summed E-state index contributed by atoms with van der Waals surface area (Å²) >= 11 is 0. The number of benzene rings is 1. The van der Waals surface area contributed by atoms with E-state index in [1.807, 2.05) is 0 Å². The monoisotopic (exact) mass is 291 g/mol. The van der Waals surface area contributed by atoms with Crippen molar-refractivity contribution in [2.24, 2.45) is 5.92 Å². The van der Waals surface area contributed by atoms with Crippen LogP contribution >= 0.6 is 0 Å². The minimum atomic E-state index is -4.40. The molecule has 0 spiro atoms. The lowest BCUT2D eigenvalue weighted by Gasteiger charge is -2.31. The zero-order valence-electron chi connectivity index (χ0n) is 12.0. The molecule has 0 aromatic heterocycles. The van der Waals surface area contributed by atoms with Crippen LogP contribution in [0.15, 0.2) is 18.2 Å². The summed E-state index contributed by atoms with van der Waals surface area (Å²) in [6.45, 7) is 1.66. The van der Waals surface area contributed by atoms with Gasteiger partial charge in [-0.05, 0) is 38.2 Å². The molecule has 0 saturated heterocycles. The van der Waals surface area contributed by atoms with Crippen LogP contribution in [0.1, 0.15) is 24.1 Å². The first-order valence-electron chi connectivity index (χ1n) is 6.24. The van der Waals surface area contributed by atoms with E-state index in [9.17, 15) is 18.3 Å². The molecule has 0 fully saturated rings. The maximum atomic E-state index is 12.8. The fourth-order valence-electron chi connectivity index (χ4n) is 2.34. The van der Waals surface area contributed by atoms with Gasteiger partial charge in [-0.25, -0.2) is 0 Å². The first kappa shape index (κ1) is 16.8. The van der Waals surface area contributed by atoms with Crippen molar-refractivity contribution in [3.8, 4) is 5.75 Å². The van der Waals surface area contributed by atoms with Gasteiger partial charge in [0.05, 0.1) is 12.7 Å². The molecule has 0 aliphatic rings. The molecule has 114 valence electrons. The number of hydrogen-bond donors (Lipinski definition) is 1. The molecule has 2 unspecified atom stereocenters. The maximum Gasteiger partial charge on any atom is 0.416 e. The second kappa shape index (κ2) is 6.45. The predicted octanol–water partition coefficient (Wildman–Crippen LogP) is 2.95. The number of ether oxygens (including phenoxy) is 1. The third kappa shape index (κ3) is 3.64. The van der Waals surface area contributed by atoms with Gasteiger partial charge in [0.25, 0.3) is 0 Å². The zero-order valence-corrected chi connectivity index (χ0v) is 12.0. The standard InChI is InChI=1S/C14H20F3NO2/c1-9(8-19)13(18(2)3)11-7-10(14(15,16)17)5-6-12(11)20-4/h5-7,9,13,19H,8H2,1-4H3. The van der Waals surface area contributed by atoms with Crippen LogP contribution in [0.4, 0.5) is 13.2 Å². The van der Waals surface area contributed by atoms with E-state index in [1.165, 1.54) is 13.2 Å². The molecule has 0 amide bonds. The van der Waals surface area contributed by atoms with E-state index in [0.717, 1.165) is 12.1 Å². The SMILES string of the molecule is COc1ccc(C(F)(F)F)cc1C(C(C)CO)N(C)C. The minimum Gasteiger partial charge on any atom is -0.496 e. The molecule has 20 heavy (non-hydrogen) atoms. The summed E-state index contributed by atoms with van der Waals surface area (Å²) in [5.74, 6) is 0.166. The third-order valence-electron chi connectivity index (χ3n) is 3.26. The minimum absolute atomic E-state index is 0.123. The number of aliphatic hydroxyl groups is 1. The lowest BCUT2D eigenvalue weighted by Crippen LogP contribution is -2.28. The number of aliphatic hydroxyl groups excluding tert-OH is 1. The Kier molecular flexibility index (Phi) is 5.42. The van der Waals surface area contributed by atoms with E-state index in [1.54, 1.807) is 25.9 Å². The van der Waals surface area contributed by atoms with Crippen molar-refractivity contribution in [3.63, 3.8) is 0 Å². The summed E-state index contributed by atoms with van der Waals surface area (Å²) in [6, 6.07) is 3.05. The summed E-state index contributed by atoms with van der Waals surface area (Å²) in [5, 5.41) is 9.32. The summed E-state index contributed by atoms with van der Waals surface area (Å²) < 4.78 is 43.7. The third-order valence-corrected chi connectivity index (χ3v) is 3.26. The van der Waals surface area contributed by atoms with Gasteiger partial charge in [0.15, 0.2) is 0 Å². The van der Waals surface area contributed by atoms with Crippen molar-refractivity contribution < 1.29 is 23.0 Å². The van der Waals surface area contributed by atoms with Crippen LogP contribution in [0.2, 0.25) is 0 Å². The Hall–Kier alpha value is -1.27.